The summed E-state index contributed by atoms with van der Waals surface area (Å²) < 4.78 is 0. The molecule has 0 bridgehead atoms. The van der Waals surface area contributed by atoms with Crippen molar-refractivity contribution in [2.24, 2.45) is 5.41 Å². The lowest BCUT2D eigenvalue weighted by atomic mass is 10.0. The highest BCUT2D eigenvalue weighted by molar-refractivity contribution is 5.90. The number of hydrogen-bond acceptors (Lipinski definition) is 3. The van der Waals surface area contributed by atoms with Gasteiger partial charge in [-0.2, -0.15) is 5.10 Å². The number of nitrogens with one attached hydrogen (secondary N) is 2. The van der Waals surface area contributed by atoms with Gasteiger partial charge in [0.1, 0.15) is 6.33 Å². The van der Waals surface area contributed by atoms with Crippen LogP contribution >= 0.6 is 0 Å². The number of carbonyl (C=O) groups is 1. The molecule has 1 aromatic rings. The van der Waals surface area contributed by atoms with E-state index in [4.69, 9.17) is 0 Å². The summed E-state index contributed by atoms with van der Waals surface area (Å²) in [6.45, 7) is 2.94. The summed E-state index contributed by atoms with van der Waals surface area (Å²) in [5, 5.41) is 9.10. The molecule has 0 saturated heterocycles. The lowest BCUT2D eigenvalue weighted by molar-refractivity contribution is 0.0933. The van der Waals surface area contributed by atoms with Crippen LogP contribution in [0.2, 0.25) is 0 Å². The van der Waals surface area contributed by atoms with Gasteiger partial charge in [0.2, 0.25) is 5.82 Å². The van der Waals surface area contributed by atoms with Crippen molar-refractivity contribution in [1.82, 2.24) is 20.5 Å². The molecule has 5 heteroatoms. The SMILES string of the molecule is CCCC1(CNC(=O)c2ncn[nH]2)CC1. The third-order valence-corrected chi connectivity index (χ3v) is 2.99. The molecular weight excluding hydrogens is 192 g/mol. The molecule has 2 N–H and O–H groups in total. The molecule has 0 aliphatic heterocycles. The van der Waals surface area contributed by atoms with E-state index in [1.165, 1.54) is 32.0 Å². The molecule has 1 aliphatic carbocycles. The molecule has 0 unspecified atom stereocenters. The molecule has 1 fully saturated rings. The minimum Gasteiger partial charge on any atom is -0.349 e. The maximum Gasteiger partial charge on any atom is 0.288 e. The summed E-state index contributed by atoms with van der Waals surface area (Å²) in [6, 6.07) is 0. The monoisotopic (exact) mass is 208 g/mol. The second-order valence-corrected chi connectivity index (χ2v) is 4.27. The molecule has 1 aliphatic rings. The van der Waals surface area contributed by atoms with E-state index in [0.29, 0.717) is 11.2 Å². The number of aromatic amines is 1. The average molecular weight is 208 g/mol. The van der Waals surface area contributed by atoms with Crippen LogP contribution < -0.4 is 5.32 Å². The maximum absolute atomic E-state index is 11.5. The predicted molar refractivity (Wildman–Crippen MR) is 55.3 cm³/mol. The van der Waals surface area contributed by atoms with Crippen LogP contribution in [0.1, 0.15) is 43.2 Å². The Balaban J connectivity index is 1.81. The number of nitrogens with zero attached hydrogens (tertiary/aromatic N) is 2. The Hall–Kier alpha value is -1.39. The van der Waals surface area contributed by atoms with Gasteiger partial charge in [-0.1, -0.05) is 13.3 Å². The van der Waals surface area contributed by atoms with Gasteiger partial charge >= 0.3 is 0 Å². The van der Waals surface area contributed by atoms with E-state index in [1.54, 1.807) is 0 Å². The van der Waals surface area contributed by atoms with Gasteiger partial charge < -0.3 is 5.32 Å². The van der Waals surface area contributed by atoms with Crippen LogP contribution in [0.3, 0.4) is 0 Å². The highest BCUT2D eigenvalue weighted by Gasteiger charge is 2.41. The van der Waals surface area contributed by atoms with Gasteiger partial charge in [-0.25, -0.2) is 4.98 Å². The quantitative estimate of drug-likeness (QED) is 0.761. The van der Waals surface area contributed by atoms with Crippen molar-refractivity contribution >= 4 is 5.91 Å². The summed E-state index contributed by atoms with van der Waals surface area (Å²) in [6.07, 6.45) is 6.19. The molecule has 2 rings (SSSR count). The second kappa shape index (κ2) is 4.00. The van der Waals surface area contributed by atoms with Crippen molar-refractivity contribution in [3.8, 4) is 0 Å². The molecule has 1 amide bonds. The summed E-state index contributed by atoms with van der Waals surface area (Å²) in [4.78, 5) is 15.3. The van der Waals surface area contributed by atoms with Crippen LogP contribution in [0.5, 0.6) is 0 Å². The second-order valence-electron chi connectivity index (χ2n) is 4.27. The summed E-state index contributed by atoms with van der Waals surface area (Å²) in [5.74, 6) is 0.136. The standard InChI is InChI=1S/C10H16N4O/c1-2-3-10(4-5-10)6-11-9(15)8-12-7-13-14-8/h7H,2-6H2,1H3,(H,11,15)(H,12,13,14). The van der Waals surface area contributed by atoms with Gasteiger partial charge in [-0.15, -0.1) is 0 Å². The fourth-order valence-electron chi connectivity index (χ4n) is 1.89. The first kappa shape index (κ1) is 10.1. The number of rotatable bonds is 5. The minimum atomic E-state index is -0.158. The highest BCUT2D eigenvalue weighted by Crippen LogP contribution is 2.48. The van der Waals surface area contributed by atoms with Crippen LogP contribution in [-0.4, -0.2) is 27.6 Å². The van der Waals surface area contributed by atoms with Crippen molar-refractivity contribution in [3.63, 3.8) is 0 Å². The van der Waals surface area contributed by atoms with Gasteiger partial charge in [-0.05, 0) is 24.7 Å². The van der Waals surface area contributed by atoms with E-state index in [-0.39, 0.29) is 5.91 Å². The van der Waals surface area contributed by atoms with Crippen LogP contribution in [0.25, 0.3) is 0 Å². The number of amides is 1. The van der Waals surface area contributed by atoms with Crippen molar-refractivity contribution in [2.45, 2.75) is 32.6 Å². The molecule has 0 aromatic carbocycles. The fourth-order valence-corrected chi connectivity index (χ4v) is 1.89. The zero-order chi connectivity index (χ0) is 10.7. The lowest BCUT2D eigenvalue weighted by Gasteiger charge is -2.13. The first-order chi connectivity index (χ1) is 7.26. The van der Waals surface area contributed by atoms with Crippen LogP contribution in [0.4, 0.5) is 0 Å². The molecule has 1 saturated carbocycles. The summed E-state index contributed by atoms with van der Waals surface area (Å²) in [7, 11) is 0. The smallest absolute Gasteiger partial charge is 0.288 e. The molecule has 0 atom stereocenters. The van der Waals surface area contributed by atoms with E-state index in [9.17, 15) is 4.79 Å². The Kier molecular flexibility index (Phi) is 2.70. The Morgan fingerprint density at radius 3 is 3.00 bits per heavy atom. The molecule has 1 aromatic heterocycles. The minimum absolute atomic E-state index is 0.158. The zero-order valence-electron chi connectivity index (χ0n) is 8.92. The highest BCUT2D eigenvalue weighted by atomic mass is 16.2. The van der Waals surface area contributed by atoms with Gasteiger partial charge in [0.15, 0.2) is 0 Å². The normalized spacial score (nSPS) is 17.4. The largest absolute Gasteiger partial charge is 0.349 e. The van der Waals surface area contributed by atoms with Crippen molar-refractivity contribution < 1.29 is 4.79 Å². The van der Waals surface area contributed by atoms with E-state index in [1.807, 2.05) is 0 Å². The zero-order valence-corrected chi connectivity index (χ0v) is 8.92. The van der Waals surface area contributed by atoms with Crippen molar-refractivity contribution in [3.05, 3.63) is 12.2 Å². The van der Waals surface area contributed by atoms with Gasteiger partial charge in [0, 0.05) is 6.54 Å². The maximum atomic E-state index is 11.5. The molecular formula is C10H16N4O. The van der Waals surface area contributed by atoms with Gasteiger partial charge in [-0.3, -0.25) is 9.89 Å². The first-order valence-corrected chi connectivity index (χ1v) is 5.39. The Labute approximate surface area is 88.7 Å². The number of carbonyl (C=O) groups excluding carboxylic acids is 1. The van der Waals surface area contributed by atoms with E-state index < -0.39 is 0 Å². The number of hydrogen-bond donors (Lipinski definition) is 2. The average Bonchev–Trinajstić information content (AvgIpc) is 2.81. The molecule has 1 heterocycles. The third kappa shape index (κ3) is 2.34. The van der Waals surface area contributed by atoms with Crippen LogP contribution in [0, 0.1) is 5.41 Å². The van der Waals surface area contributed by atoms with Crippen LogP contribution in [-0.2, 0) is 0 Å². The molecule has 15 heavy (non-hydrogen) atoms. The molecule has 5 nitrogen and oxygen atoms in total. The molecule has 0 radical (unpaired) electrons. The Morgan fingerprint density at radius 1 is 1.67 bits per heavy atom. The topological polar surface area (TPSA) is 70.7 Å². The van der Waals surface area contributed by atoms with Crippen LogP contribution in [0.15, 0.2) is 6.33 Å². The number of H-pyrrole nitrogens is 1. The predicted octanol–water partition coefficient (Wildman–Crippen LogP) is 1.11. The van der Waals surface area contributed by atoms with Gasteiger partial charge in [0.25, 0.3) is 5.91 Å². The first-order valence-electron chi connectivity index (χ1n) is 5.39. The van der Waals surface area contributed by atoms with E-state index in [0.717, 1.165) is 6.54 Å². The van der Waals surface area contributed by atoms with E-state index >= 15 is 0 Å². The van der Waals surface area contributed by atoms with Crippen molar-refractivity contribution in [2.75, 3.05) is 6.54 Å². The Bertz CT molecular complexity index is 329. The third-order valence-electron chi connectivity index (χ3n) is 2.99. The molecule has 0 spiro atoms. The van der Waals surface area contributed by atoms with Crippen molar-refractivity contribution in [1.29, 1.82) is 0 Å². The van der Waals surface area contributed by atoms with E-state index in [2.05, 4.69) is 27.4 Å². The molecule has 82 valence electrons. The van der Waals surface area contributed by atoms with Gasteiger partial charge in [0.05, 0.1) is 0 Å². The summed E-state index contributed by atoms with van der Waals surface area (Å²) >= 11 is 0. The summed E-state index contributed by atoms with van der Waals surface area (Å²) in [5.41, 5.74) is 0.379. The number of aromatic nitrogens is 3. The Morgan fingerprint density at radius 2 is 2.47 bits per heavy atom. The fraction of sp³-hybridized carbons (Fsp3) is 0.700. The lowest BCUT2D eigenvalue weighted by Crippen LogP contribution is -2.30.